The minimum absolute atomic E-state index is 0.164. The van der Waals surface area contributed by atoms with Gasteiger partial charge in [0.25, 0.3) is 0 Å². The molecule has 3 aromatic rings. The predicted molar refractivity (Wildman–Crippen MR) is 139 cm³/mol. The van der Waals surface area contributed by atoms with Gasteiger partial charge in [-0.15, -0.1) is 0 Å². The fraction of sp³-hybridized carbons (Fsp3) is 0.448. The molecule has 2 fully saturated rings. The van der Waals surface area contributed by atoms with Crippen LogP contribution in [0.5, 0.6) is 11.5 Å². The van der Waals surface area contributed by atoms with E-state index in [0.29, 0.717) is 13.2 Å². The van der Waals surface area contributed by atoms with Crippen LogP contribution in [0.3, 0.4) is 0 Å². The first-order chi connectivity index (χ1) is 17.5. The molecule has 1 atom stereocenters. The third kappa shape index (κ3) is 5.26. The van der Waals surface area contributed by atoms with Crippen LogP contribution in [-0.2, 0) is 11.3 Å². The van der Waals surface area contributed by atoms with Crippen LogP contribution in [-0.4, -0.2) is 65.9 Å². The molecule has 36 heavy (non-hydrogen) atoms. The van der Waals surface area contributed by atoms with Crippen molar-refractivity contribution < 1.29 is 14.3 Å². The Balaban J connectivity index is 1.08. The van der Waals surface area contributed by atoms with E-state index >= 15 is 0 Å². The summed E-state index contributed by atoms with van der Waals surface area (Å²) in [5.74, 6) is 2.10. The van der Waals surface area contributed by atoms with Gasteiger partial charge in [0.05, 0.1) is 19.9 Å². The number of carbonyl (C=O) groups is 1. The zero-order chi connectivity index (χ0) is 25.1. The van der Waals surface area contributed by atoms with Gasteiger partial charge < -0.3 is 14.4 Å². The number of aromatic nitrogens is 2. The average molecular weight is 489 g/mol. The van der Waals surface area contributed by atoms with Gasteiger partial charge in [0.15, 0.2) is 0 Å². The summed E-state index contributed by atoms with van der Waals surface area (Å²) in [6.07, 6.45) is 7.21. The molecule has 0 radical (unpaired) electrons. The van der Waals surface area contributed by atoms with Gasteiger partial charge in [-0.05, 0) is 69.0 Å². The highest BCUT2D eigenvalue weighted by Crippen LogP contribution is 2.60. The molecule has 5 rings (SSSR count). The number of nitrogens with zero attached hydrogens (tertiary/aromatic N) is 4. The molecule has 190 valence electrons. The first kappa shape index (κ1) is 24.4. The molecular formula is C29H36N4O3. The van der Waals surface area contributed by atoms with Crippen molar-refractivity contribution in [1.29, 1.82) is 0 Å². The van der Waals surface area contributed by atoms with Gasteiger partial charge in [0.2, 0.25) is 5.91 Å². The number of piperidine rings is 1. The summed E-state index contributed by atoms with van der Waals surface area (Å²) >= 11 is 0. The van der Waals surface area contributed by atoms with Crippen molar-refractivity contribution in [3.8, 4) is 17.2 Å². The zero-order valence-electron chi connectivity index (χ0n) is 21.5. The SMILES string of the molecule is COc1ccccc1-n1cc(CN2CCC3(CC2)CC3C(=O)N(C)CCOc2ccc(C)cc2)cn1. The van der Waals surface area contributed by atoms with Crippen LogP contribution in [0.15, 0.2) is 60.9 Å². The van der Waals surface area contributed by atoms with E-state index in [4.69, 9.17) is 9.47 Å². The van der Waals surface area contributed by atoms with Crippen molar-refractivity contribution in [2.75, 3.05) is 40.4 Å². The van der Waals surface area contributed by atoms with Gasteiger partial charge in [0.1, 0.15) is 23.8 Å². The van der Waals surface area contributed by atoms with Gasteiger partial charge >= 0.3 is 0 Å². The van der Waals surface area contributed by atoms with E-state index in [9.17, 15) is 4.79 Å². The molecule has 2 aromatic carbocycles. The Labute approximate surface area is 213 Å². The Bertz CT molecular complexity index is 1180. The number of likely N-dealkylation sites (N-methyl/N-ethyl adjacent to an activating group) is 1. The van der Waals surface area contributed by atoms with E-state index in [1.807, 2.05) is 71.4 Å². The summed E-state index contributed by atoms with van der Waals surface area (Å²) < 4.78 is 13.2. The second kappa shape index (κ2) is 10.3. The molecule has 1 aliphatic carbocycles. The highest BCUT2D eigenvalue weighted by atomic mass is 16.5. The van der Waals surface area contributed by atoms with E-state index in [-0.39, 0.29) is 17.2 Å². The molecule has 2 aliphatic rings. The Morgan fingerprint density at radius 3 is 2.64 bits per heavy atom. The number of methoxy groups -OCH3 is 1. The number of hydrogen-bond donors (Lipinski definition) is 0. The third-order valence-corrected chi connectivity index (χ3v) is 7.81. The largest absolute Gasteiger partial charge is 0.494 e. The molecule has 1 aliphatic heterocycles. The van der Waals surface area contributed by atoms with Crippen LogP contribution >= 0.6 is 0 Å². The molecule has 1 saturated carbocycles. The lowest BCUT2D eigenvalue weighted by molar-refractivity contribution is -0.132. The first-order valence-corrected chi connectivity index (χ1v) is 12.8. The second-order valence-corrected chi connectivity index (χ2v) is 10.3. The number of aryl methyl sites for hydroxylation is 1. The van der Waals surface area contributed by atoms with Crippen LogP contribution in [0.4, 0.5) is 0 Å². The summed E-state index contributed by atoms with van der Waals surface area (Å²) in [6.45, 7) is 6.10. The standard InChI is InChI=1S/C29H36N4O3/c1-22-8-10-24(11-9-22)36-17-16-31(2)28(34)25-18-29(25)12-14-32(15-13-29)20-23-19-30-33(21-23)26-6-4-5-7-27(26)35-3/h4-11,19,21,25H,12-18,20H2,1-3H3. The summed E-state index contributed by atoms with van der Waals surface area (Å²) in [7, 11) is 3.58. The number of rotatable bonds is 9. The maximum atomic E-state index is 13.1. The fourth-order valence-corrected chi connectivity index (χ4v) is 5.37. The summed E-state index contributed by atoms with van der Waals surface area (Å²) in [5.41, 5.74) is 3.54. The molecular weight excluding hydrogens is 452 g/mol. The van der Waals surface area contributed by atoms with Gasteiger partial charge in [-0.2, -0.15) is 5.10 Å². The molecule has 2 heterocycles. The molecule has 1 amide bonds. The van der Waals surface area contributed by atoms with Gasteiger partial charge in [-0.3, -0.25) is 9.69 Å². The van der Waals surface area contributed by atoms with Crippen molar-refractivity contribution in [3.05, 3.63) is 72.1 Å². The number of carbonyl (C=O) groups excluding carboxylic acids is 1. The normalized spacial score (nSPS) is 18.7. The number of para-hydroxylation sites is 2. The number of likely N-dealkylation sites (tertiary alicyclic amines) is 1. The van der Waals surface area contributed by atoms with Crippen LogP contribution < -0.4 is 9.47 Å². The smallest absolute Gasteiger partial charge is 0.226 e. The van der Waals surface area contributed by atoms with E-state index in [0.717, 1.165) is 56.1 Å². The third-order valence-electron chi connectivity index (χ3n) is 7.81. The molecule has 1 saturated heterocycles. The Morgan fingerprint density at radius 2 is 1.89 bits per heavy atom. The maximum Gasteiger partial charge on any atom is 0.226 e. The first-order valence-electron chi connectivity index (χ1n) is 12.8. The van der Waals surface area contributed by atoms with Crippen molar-refractivity contribution in [2.24, 2.45) is 11.3 Å². The monoisotopic (exact) mass is 488 g/mol. The quantitative estimate of drug-likeness (QED) is 0.449. The fourth-order valence-electron chi connectivity index (χ4n) is 5.37. The van der Waals surface area contributed by atoms with Gasteiger partial charge in [-0.1, -0.05) is 29.8 Å². The van der Waals surface area contributed by atoms with E-state index in [2.05, 4.69) is 23.1 Å². The van der Waals surface area contributed by atoms with Crippen molar-refractivity contribution in [2.45, 2.75) is 32.7 Å². The number of ether oxygens (including phenoxy) is 2. The molecule has 0 N–H and O–H groups in total. The average Bonchev–Trinajstić information content (AvgIpc) is 3.40. The predicted octanol–water partition coefficient (Wildman–Crippen LogP) is 4.33. The summed E-state index contributed by atoms with van der Waals surface area (Å²) in [4.78, 5) is 17.4. The molecule has 7 heteroatoms. The Hall–Kier alpha value is -3.32. The van der Waals surface area contributed by atoms with Crippen molar-refractivity contribution >= 4 is 5.91 Å². The minimum Gasteiger partial charge on any atom is -0.494 e. The Kier molecular flexibility index (Phi) is 7.01. The molecule has 7 nitrogen and oxygen atoms in total. The van der Waals surface area contributed by atoms with Crippen LogP contribution in [0, 0.1) is 18.3 Å². The molecule has 0 bridgehead atoms. The van der Waals surface area contributed by atoms with E-state index in [1.54, 1.807) is 7.11 Å². The minimum atomic E-state index is 0.164. The maximum absolute atomic E-state index is 13.1. The lowest BCUT2D eigenvalue weighted by atomic mass is 9.90. The number of amides is 1. The number of hydrogen-bond acceptors (Lipinski definition) is 5. The zero-order valence-corrected chi connectivity index (χ0v) is 21.5. The van der Waals surface area contributed by atoms with Gasteiger partial charge in [0, 0.05) is 31.3 Å². The summed E-state index contributed by atoms with van der Waals surface area (Å²) in [5, 5.41) is 4.55. The summed E-state index contributed by atoms with van der Waals surface area (Å²) in [6, 6.07) is 15.9. The number of benzene rings is 2. The van der Waals surface area contributed by atoms with Crippen LogP contribution in [0.1, 0.15) is 30.4 Å². The highest BCUT2D eigenvalue weighted by molar-refractivity contribution is 5.82. The molecule has 1 spiro atoms. The second-order valence-electron chi connectivity index (χ2n) is 10.3. The van der Waals surface area contributed by atoms with Crippen LogP contribution in [0.25, 0.3) is 5.69 Å². The van der Waals surface area contributed by atoms with Crippen molar-refractivity contribution in [1.82, 2.24) is 19.6 Å². The van der Waals surface area contributed by atoms with Crippen LogP contribution in [0.2, 0.25) is 0 Å². The lowest BCUT2D eigenvalue weighted by Crippen LogP contribution is -2.38. The molecule has 1 aromatic heterocycles. The Morgan fingerprint density at radius 1 is 1.14 bits per heavy atom. The van der Waals surface area contributed by atoms with Gasteiger partial charge in [-0.25, -0.2) is 4.68 Å². The van der Waals surface area contributed by atoms with E-state index in [1.165, 1.54) is 11.1 Å². The van der Waals surface area contributed by atoms with Crippen molar-refractivity contribution in [3.63, 3.8) is 0 Å². The lowest BCUT2D eigenvalue weighted by Gasteiger charge is -2.33. The topological polar surface area (TPSA) is 59.8 Å². The van der Waals surface area contributed by atoms with E-state index < -0.39 is 0 Å². The highest BCUT2D eigenvalue weighted by Gasteiger charge is 2.58. The molecule has 1 unspecified atom stereocenters.